The lowest BCUT2D eigenvalue weighted by molar-refractivity contribution is -0.384. The summed E-state index contributed by atoms with van der Waals surface area (Å²) in [7, 11) is 3.08. The van der Waals surface area contributed by atoms with Crippen LogP contribution in [0.15, 0.2) is 18.2 Å². The van der Waals surface area contributed by atoms with Gasteiger partial charge in [0.15, 0.2) is 6.29 Å². The quantitative estimate of drug-likeness (QED) is 0.467. The lowest BCUT2D eigenvalue weighted by atomic mass is 10.2. The van der Waals surface area contributed by atoms with Crippen LogP contribution in [0.25, 0.3) is 0 Å². The van der Waals surface area contributed by atoms with Crippen LogP contribution >= 0.6 is 11.6 Å². The van der Waals surface area contributed by atoms with Crippen molar-refractivity contribution in [2.75, 3.05) is 20.8 Å². The number of halogens is 1. The molecule has 0 aliphatic carbocycles. The van der Waals surface area contributed by atoms with Gasteiger partial charge in [0.05, 0.1) is 4.92 Å². The van der Waals surface area contributed by atoms with Gasteiger partial charge in [-0.15, -0.1) is 0 Å². The van der Waals surface area contributed by atoms with E-state index in [-0.39, 0.29) is 12.0 Å². The molecule has 0 saturated heterocycles. The van der Waals surface area contributed by atoms with Crippen LogP contribution in [-0.2, 0) is 16.0 Å². The second-order valence-electron chi connectivity index (χ2n) is 3.56. The Morgan fingerprint density at radius 2 is 2.11 bits per heavy atom. The molecule has 0 bridgehead atoms. The molecule has 1 N–H and O–H groups in total. The van der Waals surface area contributed by atoms with Gasteiger partial charge < -0.3 is 14.8 Å². The van der Waals surface area contributed by atoms with Crippen LogP contribution in [0, 0.1) is 10.1 Å². The minimum absolute atomic E-state index is 0.0197. The first kappa shape index (κ1) is 14.8. The van der Waals surface area contributed by atoms with Crippen LogP contribution in [0.3, 0.4) is 0 Å². The molecule has 0 unspecified atom stereocenters. The van der Waals surface area contributed by atoms with Gasteiger partial charge in [0.2, 0.25) is 0 Å². The van der Waals surface area contributed by atoms with Crippen molar-refractivity contribution < 1.29 is 14.4 Å². The Labute approximate surface area is 110 Å². The Hall–Kier alpha value is -1.21. The molecule has 1 aromatic carbocycles. The van der Waals surface area contributed by atoms with E-state index in [1.807, 2.05) is 0 Å². The number of methoxy groups -OCH3 is 2. The molecule has 1 rings (SSSR count). The largest absolute Gasteiger partial charge is 0.355 e. The van der Waals surface area contributed by atoms with Gasteiger partial charge in [0.1, 0.15) is 0 Å². The lowest BCUT2D eigenvalue weighted by Crippen LogP contribution is -2.29. The first-order chi connectivity index (χ1) is 8.58. The third-order valence-electron chi connectivity index (χ3n) is 2.39. The highest BCUT2D eigenvalue weighted by Crippen LogP contribution is 2.21. The van der Waals surface area contributed by atoms with Gasteiger partial charge in [-0.2, -0.15) is 0 Å². The van der Waals surface area contributed by atoms with E-state index in [2.05, 4.69) is 5.32 Å². The van der Waals surface area contributed by atoms with Crippen molar-refractivity contribution in [3.05, 3.63) is 38.9 Å². The molecule has 0 fully saturated rings. The third-order valence-corrected chi connectivity index (χ3v) is 2.76. The summed E-state index contributed by atoms with van der Waals surface area (Å²) in [5.74, 6) is 0. The molecule has 18 heavy (non-hydrogen) atoms. The van der Waals surface area contributed by atoms with Crippen LogP contribution in [-0.4, -0.2) is 32.0 Å². The molecule has 100 valence electrons. The molecule has 0 saturated carbocycles. The topological polar surface area (TPSA) is 73.6 Å². The van der Waals surface area contributed by atoms with Crippen molar-refractivity contribution >= 4 is 17.3 Å². The van der Waals surface area contributed by atoms with E-state index in [0.29, 0.717) is 23.7 Å². The minimum Gasteiger partial charge on any atom is -0.355 e. The zero-order chi connectivity index (χ0) is 13.5. The van der Waals surface area contributed by atoms with Gasteiger partial charge in [0.25, 0.3) is 5.69 Å². The molecule has 7 heteroatoms. The molecular formula is C11H15ClN2O4. The van der Waals surface area contributed by atoms with Crippen molar-refractivity contribution in [2.45, 2.75) is 12.8 Å². The number of nitro groups is 1. The highest BCUT2D eigenvalue weighted by Gasteiger charge is 2.10. The summed E-state index contributed by atoms with van der Waals surface area (Å²) in [6, 6.07) is 4.34. The average Bonchev–Trinajstić information content (AvgIpc) is 2.36. The van der Waals surface area contributed by atoms with E-state index < -0.39 is 4.92 Å². The van der Waals surface area contributed by atoms with Gasteiger partial charge in [-0.3, -0.25) is 10.1 Å². The molecular weight excluding hydrogens is 260 g/mol. The predicted octanol–water partition coefficient (Wildman–Crippen LogP) is 1.96. The summed E-state index contributed by atoms with van der Waals surface area (Å²) in [5, 5.41) is 14.2. The normalized spacial score (nSPS) is 10.9. The molecule has 0 radical (unpaired) electrons. The number of nitro benzene ring substituents is 1. The number of nitrogens with one attached hydrogen (secondary N) is 1. The standard InChI is InChI=1S/C11H15ClN2O4/c1-17-11(18-2)7-13-6-8-5-9(14(15)16)3-4-10(8)12/h3-5,11,13H,6-7H2,1-2H3. The van der Waals surface area contributed by atoms with Gasteiger partial charge in [-0.05, 0) is 11.6 Å². The fraction of sp³-hybridized carbons (Fsp3) is 0.455. The van der Waals surface area contributed by atoms with Crippen LogP contribution in [0.5, 0.6) is 0 Å². The monoisotopic (exact) mass is 274 g/mol. The van der Waals surface area contributed by atoms with E-state index in [4.69, 9.17) is 21.1 Å². The molecule has 6 nitrogen and oxygen atoms in total. The first-order valence-electron chi connectivity index (χ1n) is 5.27. The van der Waals surface area contributed by atoms with Crippen molar-refractivity contribution in [3.63, 3.8) is 0 Å². The van der Waals surface area contributed by atoms with E-state index >= 15 is 0 Å². The summed E-state index contributed by atoms with van der Waals surface area (Å²) in [5.41, 5.74) is 0.683. The Morgan fingerprint density at radius 3 is 2.67 bits per heavy atom. The second kappa shape index (κ2) is 7.27. The van der Waals surface area contributed by atoms with E-state index in [0.717, 1.165) is 0 Å². The minimum atomic E-state index is -0.451. The summed E-state index contributed by atoms with van der Waals surface area (Å²) >= 11 is 5.96. The number of hydrogen-bond acceptors (Lipinski definition) is 5. The van der Waals surface area contributed by atoms with Crippen LogP contribution in [0.2, 0.25) is 5.02 Å². The average molecular weight is 275 g/mol. The number of nitrogens with zero attached hydrogens (tertiary/aromatic N) is 1. The maximum atomic E-state index is 10.6. The molecule has 1 aromatic rings. The van der Waals surface area contributed by atoms with Crippen molar-refractivity contribution in [1.29, 1.82) is 0 Å². The van der Waals surface area contributed by atoms with E-state index in [9.17, 15) is 10.1 Å². The fourth-order valence-corrected chi connectivity index (χ4v) is 1.58. The SMILES string of the molecule is COC(CNCc1cc([N+](=O)[O-])ccc1Cl)OC. The first-order valence-corrected chi connectivity index (χ1v) is 5.65. The Kier molecular flexibility index (Phi) is 6.00. The maximum Gasteiger partial charge on any atom is 0.269 e. The molecule has 0 aromatic heterocycles. The maximum absolute atomic E-state index is 10.6. The van der Waals surface area contributed by atoms with Gasteiger partial charge in [-0.25, -0.2) is 0 Å². The van der Waals surface area contributed by atoms with Crippen LogP contribution in [0.1, 0.15) is 5.56 Å². The highest BCUT2D eigenvalue weighted by molar-refractivity contribution is 6.31. The summed E-state index contributed by atoms with van der Waals surface area (Å²) in [4.78, 5) is 10.2. The van der Waals surface area contributed by atoms with Crippen molar-refractivity contribution in [3.8, 4) is 0 Å². The van der Waals surface area contributed by atoms with Gasteiger partial charge in [0, 0.05) is 44.5 Å². The highest BCUT2D eigenvalue weighted by atomic mass is 35.5. The van der Waals surface area contributed by atoms with E-state index in [1.165, 1.54) is 32.4 Å². The smallest absolute Gasteiger partial charge is 0.269 e. The Balaban J connectivity index is 2.61. The Morgan fingerprint density at radius 1 is 1.44 bits per heavy atom. The molecule has 0 heterocycles. The third kappa shape index (κ3) is 4.23. The number of hydrogen-bond donors (Lipinski definition) is 1. The summed E-state index contributed by atoms with van der Waals surface area (Å²) in [6.45, 7) is 0.871. The predicted molar refractivity (Wildman–Crippen MR) is 67.6 cm³/mol. The molecule has 0 aliphatic rings. The fourth-order valence-electron chi connectivity index (χ4n) is 1.40. The summed E-state index contributed by atoms with van der Waals surface area (Å²) in [6.07, 6.45) is -0.359. The zero-order valence-electron chi connectivity index (χ0n) is 10.2. The Bertz CT molecular complexity index is 410. The van der Waals surface area contributed by atoms with E-state index in [1.54, 1.807) is 0 Å². The zero-order valence-corrected chi connectivity index (χ0v) is 10.9. The number of rotatable bonds is 7. The van der Waals surface area contributed by atoms with Crippen molar-refractivity contribution in [1.82, 2.24) is 5.32 Å². The molecule has 0 aliphatic heterocycles. The number of non-ortho nitro benzene ring substituents is 1. The lowest BCUT2D eigenvalue weighted by Gasteiger charge is -2.14. The molecule has 0 amide bonds. The van der Waals surface area contributed by atoms with Crippen LogP contribution in [0.4, 0.5) is 5.69 Å². The number of benzene rings is 1. The van der Waals surface area contributed by atoms with Gasteiger partial charge in [-0.1, -0.05) is 11.6 Å². The van der Waals surface area contributed by atoms with Gasteiger partial charge >= 0.3 is 0 Å². The number of ether oxygens (including phenoxy) is 2. The van der Waals surface area contributed by atoms with Crippen LogP contribution < -0.4 is 5.32 Å². The molecule has 0 spiro atoms. The molecule has 0 atom stereocenters. The summed E-state index contributed by atoms with van der Waals surface area (Å²) < 4.78 is 10.0. The second-order valence-corrected chi connectivity index (χ2v) is 3.97. The van der Waals surface area contributed by atoms with Crippen molar-refractivity contribution in [2.24, 2.45) is 0 Å².